The van der Waals surface area contributed by atoms with E-state index in [0.717, 1.165) is 23.2 Å². The highest BCUT2D eigenvalue weighted by molar-refractivity contribution is 6.30. The lowest BCUT2D eigenvalue weighted by Gasteiger charge is -2.35. The number of benzene rings is 2. The summed E-state index contributed by atoms with van der Waals surface area (Å²) in [6, 6.07) is 12.4. The van der Waals surface area contributed by atoms with E-state index in [1.54, 1.807) is 29.2 Å². The maximum atomic E-state index is 13.5. The topological polar surface area (TPSA) is 71.3 Å². The van der Waals surface area contributed by atoms with Gasteiger partial charge in [-0.05, 0) is 61.2 Å². The van der Waals surface area contributed by atoms with Crippen molar-refractivity contribution in [2.24, 2.45) is 5.92 Å². The second-order valence-corrected chi connectivity index (χ2v) is 8.63. The van der Waals surface area contributed by atoms with Crippen LogP contribution in [-0.4, -0.2) is 27.6 Å². The smallest absolute Gasteiger partial charge is 0.322 e. The molecule has 0 spiro atoms. The van der Waals surface area contributed by atoms with E-state index in [2.05, 4.69) is 29.3 Å². The van der Waals surface area contributed by atoms with Crippen LogP contribution in [0.3, 0.4) is 0 Å². The van der Waals surface area contributed by atoms with Gasteiger partial charge in [0, 0.05) is 22.8 Å². The molecule has 0 saturated carbocycles. The molecule has 166 valence electrons. The average Bonchev–Trinajstić information content (AvgIpc) is 3.23. The van der Waals surface area contributed by atoms with Crippen LogP contribution in [0.15, 0.2) is 58.8 Å². The molecule has 0 saturated heterocycles. The SMILES string of the molecule is CC1=C(c2nc(-c3ccc(Cl)cc3)no2)C(c2ccc(F)cc2)NC(=O)N1CCC(C)C. The minimum Gasteiger partial charge on any atom is -0.334 e. The van der Waals surface area contributed by atoms with Crippen molar-refractivity contribution >= 4 is 23.2 Å². The molecule has 4 rings (SSSR count). The fourth-order valence-corrected chi connectivity index (χ4v) is 3.80. The summed E-state index contributed by atoms with van der Waals surface area (Å²) in [5.41, 5.74) is 2.91. The van der Waals surface area contributed by atoms with Gasteiger partial charge in [0.2, 0.25) is 5.82 Å². The van der Waals surface area contributed by atoms with Gasteiger partial charge in [-0.2, -0.15) is 4.98 Å². The van der Waals surface area contributed by atoms with Crippen molar-refractivity contribution in [1.29, 1.82) is 0 Å². The van der Waals surface area contributed by atoms with Gasteiger partial charge in [0.15, 0.2) is 0 Å². The number of aromatic nitrogens is 2. The van der Waals surface area contributed by atoms with Crippen LogP contribution in [-0.2, 0) is 0 Å². The highest BCUT2D eigenvalue weighted by Crippen LogP contribution is 2.37. The Labute approximate surface area is 191 Å². The molecule has 2 amide bonds. The molecular formula is C24H24ClFN4O2. The number of carbonyl (C=O) groups excluding carboxylic acids is 1. The van der Waals surface area contributed by atoms with Crippen LogP contribution in [0.4, 0.5) is 9.18 Å². The molecule has 0 aliphatic carbocycles. The summed E-state index contributed by atoms with van der Waals surface area (Å²) in [4.78, 5) is 19.2. The predicted octanol–water partition coefficient (Wildman–Crippen LogP) is 6.07. The van der Waals surface area contributed by atoms with E-state index in [1.807, 2.05) is 19.1 Å². The third-order valence-electron chi connectivity index (χ3n) is 5.49. The summed E-state index contributed by atoms with van der Waals surface area (Å²) in [5.74, 6) is 0.810. The Bertz CT molecular complexity index is 1140. The molecule has 1 aliphatic heterocycles. The molecule has 32 heavy (non-hydrogen) atoms. The summed E-state index contributed by atoms with van der Waals surface area (Å²) in [6.45, 7) is 6.66. The third kappa shape index (κ3) is 4.53. The fourth-order valence-electron chi connectivity index (χ4n) is 3.67. The summed E-state index contributed by atoms with van der Waals surface area (Å²) >= 11 is 5.98. The first-order valence-corrected chi connectivity index (χ1v) is 10.9. The molecule has 0 fully saturated rings. The minimum absolute atomic E-state index is 0.210. The minimum atomic E-state index is -0.545. The Morgan fingerprint density at radius 1 is 1.16 bits per heavy atom. The second-order valence-electron chi connectivity index (χ2n) is 8.20. The first kappa shape index (κ1) is 22.0. The lowest BCUT2D eigenvalue weighted by molar-refractivity contribution is 0.202. The summed E-state index contributed by atoms with van der Waals surface area (Å²) < 4.78 is 19.2. The molecule has 0 radical (unpaired) electrons. The molecule has 2 aromatic carbocycles. The van der Waals surface area contributed by atoms with Crippen molar-refractivity contribution in [3.05, 3.63) is 76.5 Å². The normalized spacial score (nSPS) is 16.6. The van der Waals surface area contributed by atoms with Gasteiger partial charge in [-0.25, -0.2) is 9.18 Å². The van der Waals surface area contributed by atoms with Gasteiger partial charge < -0.3 is 9.84 Å². The van der Waals surface area contributed by atoms with E-state index in [9.17, 15) is 9.18 Å². The molecule has 1 aliphatic rings. The predicted molar refractivity (Wildman–Crippen MR) is 121 cm³/mol. The molecular weight excluding hydrogens is 431 g/mol. The van der Waals surface area contributed by atoms with Crippen LogP contribution >= 0.6 is 11.6 Å². The Morgan fingerprint density at radius 3 is 2.50 bits per heavy atom. The van der Waals surface area contributed by atoms with Crippen molar-refractivity contribution in [1.82, 2.24) is 20.4 Å². The van der Waals surface area contributed by atoms with E-state index in [-0.39, 0.29) is 11.8 Å². The standard InChI is InChI=1S/C24H24ClFN4O2/c1-14(2)12-13-30-15(3)20(21(27-24(30)31)16-6-10-19(26)11-7-16)23-28-22(29-32-23)17-4-8-18(25)9-5-17/h4-11,14,21H,12-13H2,1-3H3,(H,27,31). The number of hydrogen-bond acceptors (Lipinski definition) is 4. The monoisotopic (exact) mass is 454 g/mol. The van der Waals surface area contributed by atoms with Crippen LogP contribution in [0.5, 0.6) is 0 Å². The zero-order valence-electron chi connectivity index (χ0n) is 18.1. The molecule has 2 heterocycles. The largest absolute Gasteiger partial charge is 0.334 e. The molecule has 1 atom stereocenters. The van der Waals surface area contributed by atoms with Gasteiger partial charge in [0.05, 0.1) is 11.6 Å². The van der Waals surface area contributed by atoms with E-state index in [4.69, 9.17) is 16.1 Å². The molecule has 1 aromatic heterocycles. The Kier molecular flexibility index (Phi) is 6.28. The van der Waals surface area contributed by atoms with Crippen molar-refractivity contribution in [2.45, 2.75) is 33.2 Å². The second kappa shape index (κ2) is 9.12. The van der Waals surface area contributed by atoms with Crippen molar-refractivity contribution in [2.75, 3.05) is 6.54 Å². The highest BCUT2D eigenvalue weighted by atomic mass is 35.5. The number of amides is 2. The Balaban J connectivity index is 1.78. The molecule has 3 aromatic rings. The maximum absolute atomic E-state index is 13.5. The zero-order valence-corrected chi connectivity index (χ0v) is 18.9. The quantitative estimate of drug-likeness (QED) is 0.490. The lowest BCUT2D eigenvalue weighted by atomic mass is 9.94. The van der Waals surface area contributed by atoms with Gasteiger partial charge in [0.25, 0.3) is 5.89 Å². The fraction of sp³-hybridized carbons (Fsp3) is 0.292. The first-order valence-electron chi connectivity index (χ1n) is 10.5. The number of carbonyl (C=O) groups is 1. The number of nitrogens with one attached hydrogen (secondary N) is 1. The molecule has 8 heteroatoms. The first-order chi connectivity index (χ1) is 15.3. The number of urea groups is 1. The van der Waals surface area contributed by atoms with E-state index in [0.29, 0.717) is 34.8 Å². The summed E-state index contributed by atoms with van der Waals surface area (Å²) in [7, 11) is 0. The lowest BCUT2D eigenvalue weighted by Crippen LogP contribution is -2.46. The van der Waals surface area contributed by atoms with Crippen LogP contribution in [0.1, 0.15) is 44.7 Å². The van der Waals surface area contributed by atoms with Crippen LogP contribution in [0, 0.1) is 11.7 Å². The van der Waals surface area contributed by atoms with Crippen molar-refractivity contribution in [3.63, 3.8) is 0 Å². The molecule has 1 unspecified atom stereocenters. The number of rotatable bonds is 6. The number of allylic oxidation sites excluding steroid dienone is 1. The molecule has 6 nitrogen and oxygen atoms in total. The van der Waals surface area contributed by atoms with Gasteiger partial charge in [0.1, 0.15) is 5.82 Å². The van der Waals surface area contributed by atoms with Crippen LogP contribution in [0.25, 0.3) is 17.0 Å². The van der Waals surface area contributed by atoms with Crippen LogP contribution in [0.2, 0.25) is 5.02 Å². The summed E-state index contributed by atoms with van der Waals surface area (Å²) in [6.07, 6.45) is 0.846. The van der Waals surface area contributed by atoms with Gasteiger partial charge in [-0.3, -0.25) is 4.90 Å². The number of hydrogen-bond donors (Lipinski definition) is 1. The van der Waals surface area contributed by atoms with E-state index in [1.165, 1.54) is 12.1 Å². The van der Waals surface area contributed by atoms with Gasteiger partial charge >= 0.3 is 6.03 Å². The molecule has 0 bridgehead atoms. The van der Waals surface area contributed by atoms with E-state index < -0.39 is 6.04 Å². The Morgan fingerprint density at radius 2 is 1.84 bits per heavy atom. The van der Waals surface area contributed by atoms with Crippen LogP contribution < -0.4 is 5.32 Å². The van der Waals surface area contributed by atoms with Crippen molar-refractivity contribution in [3.8, 4) is 11.4 Å². The van der Waals surface area contributed by atoms with Gasteiger partial charge in [-0.15, -0.1) is 0 Å². The zero-order chi connectivity index (χ0) is 22.8. The van der Waals surface area contributed by atoms with Gasteiger partial charge in [-0.1, -0.05) is 42.7 Å². The Hall–Kier alpha value is -3.19. The summed E-state index contributed by atoms with van der Waals surface area (Å²) in [5, 5.41) is 7.77. The molecule has 1 N–H and O–H groups in total. The van der Waals surface area contributed by atoms with E-state index >= 15 is 0 Å². The average molecular weight is 455 g/mol. The number of nitrogens with zero attached hydrogens (tertiary/aromatic N) is 3. The van der Waals surface area contributed by atoms with Crippen molar-refractivity contribution < 1.29 is 13.7 Å². The highest BCUT2D eigenvalue weighted by Gasteiger charge is 2.35. The third-order valence-corrected chi connectivity index (χ3v) is 5.74. The number of halogens is 2. The maximum Gasteiger partial charge on any atom is 0.322 e.